The number of hydrogen-bond acceptors (Lipinski definition) is 3. The normalized spacial score (nSPS) is 10.7. The number of nitrogens with zero attached hydrogens (tertiary/aromatic N) is 3. The van der Waals surface area contributed by atoms with E-state index in [0.717, 1.165) is 30.4 Å². The molecule has 4 nitrogen and oxygen atoms in total. The first kappa shape index (κ1) is 13.2. The number of halogens is 2. The third-order valence-corrected chi connectivity index (χ3v) is 3.12. The molecule has 0 saturated heterocycles. The van der Waals surface area contributed by atoms with Crippen molar-refractivity contribution in [3.63, 3.8) is 0 Å². The van der Waals surface area contributed by atoms with E-state index in [4.69, 9.17) is 23.2 Å². The zero-order valence-electron chi connectivity index (χ0n) is 10.2. The summed E-state index contributed by atoms with van der Waals surface area (Å²) in [6, 6.07) is 5.36. The molecule has 1 heterocycles. The van der Waals surface area contributed by atoms with Gasteiger partial charge >= 0.3 is 0 Å². The van der Waals surface area contributed by atoms with Crippen LogP contribution >= 0.6 is 23.2 Å². The lowest BCUT2D eigenvalue weighted by molar-refractivity contribution is 0.770. The average molecular weight is 285 g/mol. The molecule has 0 atom stereocenters. The summed E-state index contributed by atoms with van der Waals surface area (Å²) in [7, 11) is 0. The lowest BCUT2D eigenvalue weighted by Crippen LogP contribution is -2.06. The second-order valence-electron chi connectivity index (χ2n) is 3.75. The molecule has 2 aromatic rings. The Bertz CT molecular complexity index is 551. The highest BCUT2D eigenvalue weighted by atomic mass is 35.5. The molecule has 0 radical (unpaired) electrons. The van der Waals surface area contributed by atoms with Crippen molar-refractivity contribution >= 4 is 29.2 Å². The molecule has 0 unspecified atom stereocenters. The van der Waals surface area contributed by atoms with Gasteiger partial charge in [-0.1, -0.05) is 23.2 Å². The summed E-state index contributed by atoms with van der Waals surface area (Å²) in [5.74, 6) is 1.50. The minimum absolute atomic E-state index is 0.577. The summed E-state index contributed by atoms with van der Waals surface area (Å²) in [6.45, 7) is 5.62. The van der Waals surface area contributed by atoms with Crippen LogP contribution < -0.4 is 5.32 Å². The summed E-state index contributed by atoms with van der Waals surface area (Å²) in [5, 5.41) is 12.7. The van der Waals surface area contributed by atoms with Gasteiger partial charge in [-0.3, -0.25) is 4.57 Å². The van der Waals surface area contributed by atoms with Crippen LogP contribution in [0.1, 0.15) is 13.8 Å². The van der Waals surface area contributed by atoms with Gasteiger partial charge < -0.3 is 5.32 Å². The van der Waals surface area contributed by atoms with Gasteiger partial charge in [0.05, 0.1) is 5.02 Å². The van der Waals surface area contributed by atoms with Gasteiger partial charge in [-0.15, -0.1) is 10.2 Å². The smallest absolute Gasteiger partial charge is 0.224 e. The summed E-state index contributed by atoms with van der Waals surface area (Å²) in [4.78, 5) is 0. The molecule has 96 valence electrons. The highest BCUT2D eigenvalue weighted by Gasteiger charge is 2.14. The number of aromatic nitrogens is 3. The molecule has 2 rings (SSSR count). The molecule has 0 aliphatic rings. The van der Waals surface area contributed by atoms with E-state index in [-0.39, 0.29) is 0 Å². The fraction of sp³-hybridized carbons (Fsp3) is 0.333. The summed E-state index contributed by atoms with van der Waals surface area (Å²) >= 11 is 12.1. The SMILES string of the molecule is CCNc1nnc(-c2ccc(Cl)cc2Cl)n1CC. The van der Waals surface area contributed by atoms with Crippen molar-refractivity contribution in [2.24, 2.45) is 0 Å². The molecule has 0 amide bonds. The maximum absolute atomic E-state index is 6.19. The molecule has 0 saturated carbocycles. The number of benzene rings is 1. The van der Waals surface area contributed by atoms with E-state index < -0.39 is 0 Å². The molecule has 0 aliphatic heterocycles. The van der Waals surface area contributed by atoms with Gasteiger partial charge in [0.25, 0.3) is 0 Å². The first-order chi connectivity index (χ1) is 8.67. The molecule has 0 spiro atoms. The van der Waals surface area contributed by atoms with Crippen molar-refractivity contribution in [2.45, 2.75) is 20.4 Å². The topological polar surface area (TPSA) is 42.7 Å². The van der Waals surface area contributed by atoms with Crippen molar-refractivity contribution in [1.82, 2.24) is 14.8 Å². The highest BCUT2D eigenvalue weighted by Crippen LogP contribution is 2.30. The fourth-order valence-corrected chi connectivity index (χ4v) is 2.25. The van der Waals surface area contributed by atoms with Crippen molar-refractivity contribution in [3.05, 3.63) is 28.2 Å². The second-order valence-corrected chi connectivity index (χ2v) is 4.59. The Hall–Kier alpha value is -1.26. The van der Waals surface area contributed by atoms with Crippen molar-refractivity contribution in [1.29, 1.82) is 0 Å². The molecule has 0 bridgehead atoms. The lowest BCUT2D eigenvalue weighted by Gasteiger charge is -2.09. The van der Waals surface area contributed by atoms with Crippen LogP contribution in [0.4, 0.5) is 5.95 Å². The summed E-state index contributed by atoms with van der Waals surface area (Å²) in [5.41, 5.74) is 0.833. The Morgan fingerprint density at radius 1 is 1.22 bits per heavy atom. The molecular formula is C12H14Cl2N4. The lowest BCUT2D eigenvalue weighted by atomic mass is 10.2. The van der Waals surface area contributed by atoms with Gasteiger partial charge in [0.1, 0.15) is 0 Å². The quantitative estimate of drug-likeness (QED) is 0.931. The summed E-state index contributed by atoms with van der Waals surface area (Å²) < 4.78 is 1.98. The van der Waals surface area contributed by atoms with Crippen LogP contribution in [0.3, 0.4) is 0 Å². The minimum Gasteiger partial charge on any atom is -0.355 e. The van der Waals surface area contributed by atoms with E-state index >= 15 is 0 Å². The molecular weight excluding hydrogens is 271 g/mol. The van der Waals surface area contributed by atoms with Gasteiger partial charge in [0.15, 0.2) is 5.82 Å². The Labute approximate surface area is 116 Å². The second kappa shape index (κ2) is 5.59. The van der Waals surface area contributed by atoms with Gasteiger partial charge in [-0.2, -0.15) is 0 Å². The summed E-state index contributed by atoms with van der Waals surface area (Å²) in [6.07, 6.45) is 0. The molecule has 6 heteroatoms. The first-order valence-electron chi connectivity index (χ1n) is 5.79. The number of nitrogens with one attached hydrogen (secondary N) is 1. The van der Waals surface area contributed by atoms with Crippen LogP contribution in [0, 0.1) is 0 Å². The molecule has 1 aromatic heterocycles. The predicted molar refractivity (Wildman–Crippen MR) is 75.3 cm³/mol. The van der Waals surface area contributed by atoms with Gasteiger partial charge in [0.2, 0.25) is 5.95 Å². The van der Waals surface area contributed by atoms with E-state index in [1.165, 1.54) is 0 Å². The Kier molecular flexibility index (Phi) is 4.09. The molecule has 0 fully saturated rings. The van der Waals surface area contributed by atoms with Gasteiger partial charge in [-0.25, -0.2) is 0 Å². The van der Waals surface area contributed by atoms with Crippen LogP contribution in [-0.2, 0) is 6.54 Å². The maximum Gasteiger partial charge on any atom is 0.224 e. The van der Waals surface area contributed by atoms with Crippen LogP contribution in [0.5, 0.6) is 0 Å². The molecule has 1 N–H and O–H groups in total. The Morgan fingerprint density at radius 3 is 2.61 bits per heavy atom. The zero-order valence-corrected chi connectivity index (χ0v) is 11.8. The zero-order chi connectivity index (χ0) is 13.1. The highest BCUT2D eigenvalue weighted by molar-refractivity contribution is 6.36. The van der Waals surface area contributed by atoms with Crippen molar-refractivity contribution in [3.8, 4) is 11.4 Å². The number of rotatable bonds is 4. The van der Waals surface area contributed by atoms with E-state index in [1.807, 2.05) is 24.5 Å². The van der Waals surface area contributed by atoms with Gasteiger partial charge in [0, 0.05) is 23.7 Å². The predicted octanol–water partition coefficient (Wildman–Crippen LogP) is 3.70. The van der Waals surface area contributed by atoms with Crippen LogP contribution in [-0.4, -0.2) is 21.3 Å². The van der Waals surface area contributed by atoms with E-state index in [1.54, 1.807) is 12.1 Å². The number of anilines is 1. The molecule has 0 aliphatic carbocycles. The Balaban J connectivity index is 2.50. The molecule has 1 aromatic carbocycles. The standard InChI is InChI=1S/C12H14Cl2N4/c1-3-15-12-17-16-11(18(12)4-2)9-6-5-8(13)7-10(9)14/h5-7H,3-4H2,1-2H3,(H,15,17). The monoisotopic (exact) mass is 284 g/mol. The van der Waals surface area contributed by atoms with Crippen LogP contribution in [0.15, 0.2) is 18.2 Å². The molecule has 18 heavy (non-hydrogen) atoms. The Morgan fingerprint density at radius 2 is 2.00 bits per heavy atom. The number of hydrogen-bond donors (Lipinski definition) is 1. The van der Waals surface area contributed by atoms with E-state index in [2.05, 4.69) is 15.5 Å². The van der Waals surface area contributed by atoms with Crippen LogP contribution in [0.25, 0.3) is 11.4 Å². The third kappa shape index (κ3) is 2.44. The van der Waals surface area contributed by atoms with E-state index in [9.17, 15) is 0 Å². The minimum atomic E-state index is 0.577. The first-order valence-corrected chi connectivity index (χ1v) is 6.55. The van der Waals surface area contributed by atoms with Crippen molar-refractivity contribution in [2.75, 3.05) is 11.9 Å². The van der Waals surface area contributed by atoms with Gasteiger partial charge in [-0.05, 0) is 32.0 Å². The largest absolute Gasteiger partial charge is 0.355 e. The fourth-order valence-electron chi connectivity index (χ4n) is 1.76. The van der Waals surface area contributed by atoms with E-state index in [0.29, 0.717) is 10.0 Å². The third-order valence-electron chi connectivity index (χ3n) is 2.57. The van der Waals surface area contributed by atoms with Crippen molar-refractivity contribution < 1.29 is 0 Å². The maximum atomic E-state index is 6.19. The van der Waals surface area contributed by atoms with Crippen LogP contribution in [0.2, 0.25) is 10.0 Å². The average Bonchev–Trinajstić information content (AvgIpc) is 2.72.